The third-order valence-corrected chi connectivity index (χ3v) is 3.13. The van der Waals surface area contributed by atoms with E-state index in [1.807, 2.05) is 12.1 Å². The Hall–Kier alpha value is -1.46. The minimum atomic E-state index is 0.192. The maximum Gasteiger partial charge on any atom is 0.0686 e. The third-order valence-electron chi connectivity index (χ3n) is 3.13. The van der Waals surface area contributed by atoms with Crippen molar-refractivity contribution in [1.29, 1.82) is 0 Å². The van der Waals surface area contributed by atoms with Gasteiger partial charge < -0.3 is 5.73 Å². The number of nitrogens with two attached hydrogens (primary N) is 1. The molecule has 1 aliphatic rings. The van der Waals surface area contributed by atoms with Crippen LogP contribution in [-0.2, 0) is 13.0 Å². The summed E-state index contributed by atoms with van der Waals surface area (Å²) in [6, 6.07) is 6.33. The van der Waals surface area contributed by atoms with Gasteiger partial charge in [-0.05, 0) is 30.5 Å². The highest BCUT2D eigenvalue weighted by Gasteiger charge is 2.20. The number of hydrogen-bond acceptors (Lipinski definition) is 2. The molecule has 0 aliphatic carbocycles. The Balaban J connectivity index is 2.27. The second-order valence-electron chi connectivity index (χ2n) is 4.05. The number of terminal acetylenes is 1. The Morgan fingerprint density at radius 2 is 2.33 bits per heavy atom. The van der Waals surface area contributed by atoms with Crippen LogP contribution in [-0.4, -0.2) is 17.5 Å². The molecule has 15 heavy (non-hydrogen) atoms. The summed E-state index contributed by atoms with van der Waals surface area (Å²) < 4.78 is 0. The van der Waals surface area contributed by atoms with Crippen molar-refractivity contribution in [1.82, 2.24) is 4.90 Å². The Morgan fingerprint density at radius 1 is 1.53 bits per heavy atom. The average Bonchev–Trinajstić information content (AvgIpc) is 2.28. The quantitative estimate of drug-likeness (QED) is 0.551. The number of nitrogens with zero attached hydrogens (tertiary/aromatic N) is 1. The first-order chi connectivity index (χ1) is 7.22. The number of anilines is 1. The zero-order valence-electron chi connectivity index (χ0n) is 9.03. The molecular weight excluding hydrogens is 184 g/mol. The van der Waals surface area contributed by atoms with E-state index in [0.717, 1.165) is 25.2 Å². The number of hydrogen-bond donors (Lipinski definition) is 1. The fourth-order valence-corrected chi connectivity index (χ4v) is 2.06. The Bertz CT molecular complexity index is 403. The van der Waals surface area contributed by atoms with E-state index in [1.165, 1.54) is 11.1 Å². The molecule has 2 nitrogen and oxygen atoms in total. The van der Waals surface area contributed by atoms with E-state index < -0.39 is 0 Å². The molecule has 1 atom stereocenters. The fraction of sp³-hybridized carbons (Fsp3) is 0.385. The van der Waals surface area contributed by atoms with Gasteiger partial charge >= 0.3 is 0 Å². The summed E-state index contributed by atoms with van der Waals surface area (Å²) >= 11 is 0. The van der Waals surface area contributed by atoms with Crippen molar-refractivity contribution in [2.75, 3.05) is 12.3 Å². The molecule has 0 aromatic heterocycles. The van der Waals surface area contributed by atoms with Gasteiger partial charge in [-0.3, -0.25) is 4.90 Å². The normalized spacial score (nSPS) is 17.9. The van der Waals surface area contributed by atoms with Crippen molar-refractivity contribution in [2.45, 2.75) is 25.9 Å². The van der Waals surface area contributed by atoms with Crippen molar-refractivity contribution in [3.63, 3.8) is 0 Å². The molecule has 0 radical (unpaired) electrons. The zero-order valence-corrected chi connectivity index (χ0v) is 9.03. The molecule has 1 aromatic rings. The van der Waals surface area contributed by atoms with Crippen molar-refractivity contribution in [3.05, 3.63) is 29.3 Å². The minimum absolute atomic E-state index is 0.192. The molecule has 0 amide bonds. The second-order valence-corrected chi connectivity index (χ2v) is 4.05. The largest absolute Gasteiger partial charge is 0.398 e. The number of benzene rings is 1. The van der Waals surface area contributed by atoms with Crippen LogP contribution in [0.25, 0.3) is 0 Å². The number of nitrogen functional groups attached to an aromatic ring is 1. The van der Waals surface area contributed by atoms with Crippen molar-refractivity contribution < 1.29 is 0 Å². The molecule has 0 saturated heterocycles. The predicted molar refractivity (Wildman–Crippen MR) is 63.3 cm³/mol. The Labute approximate surface area is 91.1 Å². The molecule has 2 N–H and O–H groups in total. The van der Waals surface area contributed by atoms with E-state index in [-0.39, 0.29) is 6.04 Å². The molecule has 1 aliphatic heterocycles. The van der Waals surface area contributed by atoms with Crippen molar-refractivity contribution >= 4 is 5.69 Å². The molecule has 1 unspecified atom stereocenters. The van der Waals surface area contributed by atoms with Crippen molar-refractivity contribution in [2.24, 2.45) is 0 Å². The van der Waals surface area contributed by atoms with Crippen molar-refractivity contribution in [3.8, 4) is 12.3 Å². The van der Waals surface area contributed by atoms with Gasteiger partial charge in [-0.1, -0.05) is 18.1 Å². The first-order valence-electron chi connectivity index (χ1n) is 5.29. The first-order valence-corrected chi connectivity index (χ1v) is 5.29. The number of rotatable bonds is 1. The SMILES string of the molecule is C#CC(C)N1CCc2cccc(N)c2C1. The Morgan fingerprint density at radius 3 is 3.07 bits per heavy atom. The molecule has 0 saturated carbocycles. The maximum absolute atomic E-state index is 5.97. The predicted octanol–water partition coefficient (Wildman–Crippen LogP) is 1.65. The summed E-state index contributed by atoms with van der Waals surface area (Å²) in [7, 11) is 0. The van der Waals surface area contributed by atoms with E-state index in [0.29, 0.717) is 0 Å². The van der Waals surface area contributed by atoms with Gasteiger partial charge in [-0.15, -0.1) is 6.42 Å². The lowest BCUT2D eigenvalue weighted by Gasteiger charge is -2.31. The lowest BCUT2D eigenvalue weighted by atomic mass is 9.97. The van der Waals surface area contributed by atoms with Crippen LogP contribution in [0.5, 0.6) is 0 Å². The van der Waals surface area contributed by atoms with Gasteiger partial charge in [-0.2, -0.15) is 0 Å². The Kier molecular flexibility index (Phi) is 2.66. The van der Waals surface area contributed by atoms with Crippen LogP contribution in [0.3, 0.4) is 0 Å². The second kappa shape index (κ2) is 3.96. The summed E-state index contributed by atoms with van der Waals surface area (Å²) in [6.45, 7) is 3.97. The van der Waals surface area contributed by atoms with E-state index in [4.69, 9.17) is 12.2 Å². The van der Waals surface area contributed by atoms with E-state index in [2.05, 4.69) is 23.8 Å². The lowest BCUT2D eigenvalue weighted by molar-refractivity contribution is 0.229. The van der Waals surface area contributed by atoms with Crippen LogP contribution in [0.1, 0.15) is 18.1 Å². The van der Waals surface area contributed by atoms with Crippen LogP contribution >= 0.6 is 0 Å². The number of fused-ring (bicyclic) bond motifs is 1. The zero-order chi connectivity index (χ0) is 10.8. The topological polar surface area (TPSA) is 29.3 Å². The average molecular weight is 200 g/mol. The van der Waals surface area contributed by atoms with Gasteiger partial charge in [0.15, 0.2) is 0 Å². The third kappa shape index (κ3) is 1.84. The molecule has 2 heteroatoms. The summed E-state index contributed by atoms with van der Waals surface area (Å²) in [6.07, 6.45) is 6.49. The highest BCUT2D eigenvalue weighted by Crippen LogP contribution is 2.25. The van der Waals surface area contributed by atoms with Gasteiger partial charge in [0.1, 0.15) is 0 Å². The van der Waals surface area contributed by atoms with Crippen LogP contribution in [0.15, 0.2) is 18.2 Å². The highest BCUT2D eigenvalue weighted by molar-refractivity contribution is 5.51. The summed E-state index contributed by atoms with van der Waals surface area (Å²) in [5.41, 5.74) is 9.48. The molecule has 1 aromatic carbocycles. The molecule has 0 spiro atoms. The van der Waals surface area contributed by atoms with Gasteiger partial charge in [0.05, 0.1) is 6.04 Å². The smallest absolute Gasteiger partial charge is 0.0686 e. The van der Waals surface area contributed by atoms with E-state index >= 15 is 0 Å². The summed E-state index contributed by atoms with van der Waals surface area (Å²) in [4.78, 5) is 2.29. The van der Waals surface area contributed by atoms with Gasteiger partial charge in [0, 0.05) is 18.8 Å². The minimum Gasteiger partial charge on any atom is -0.398 e. The molecule has 1 heterocycles. The molecular formula is C13H16N2. The van der Waals surface area contributed by atoms with Gasteiger partial charge in [-0.25, -0.2) is 0 Å². The maximum atomic E-state index is 5.97. The first kappa shape index (κ1) is 10.1. The lowest BCUT2D eigenvalue weighted by Crippen LogP contribution is -2.37. The van der Waals surface area contributed by atoms with Crippen LogP contribution in [0.4, 0.5) is 5.69 Å². The molecule has 78 valence electrons. The molecule has 0 bridgehead atoms. The van der Waals surface area contributed by atoms with Gasteiger partial charge in [0.2, 0.25) is 0 Å². The molecule has 2 rings (SSSR count). The van der Waals surface area contributed by atoms with Crippen LogP contribution in [0.2, 0.25) is 0 Å². The standard InChI is InChI=1S/C13H16N2/c1-3-10(2)15-8-7-11-5-4-6-13(14)12(11)9-15/h1,4-6,10H,7-9,14H2,2H3. The fourth-order valence-electron chi connectivity index (χ4n) is 2.06. The van der Waals surface area contributed by atoms with Crippen LogP contribution in [0, 0.1) is 12.3 Å². The molecule has 0 fully saturated rings. The summed E-state index contributed by atoms with van der Waals surface area (Å²) in [5.74, 6) is 2.77. The summed E-state index contributed by atoms with van der Waals surface area (Å²) in [5, 5.41) is 0. The van der Waals surface area contributed by atoms with Crippen LogP contribution < -0.4 is 5.73 Å². The highest BCUT2D eigenvalue weighted by atomic mass is 15.1. The van der Waals surface area contributed by atoms with Gasteiger partial charge in [0.25, 0.3) is 0 Å². The van der Waals surface area contributed by atoms with E-state index in [1.54, 1.807) is 0 Å². The van der Waals surface area contributed by atoms with E-state index in [9.17, 15) is 0 Å². The monoisotopic (exact) mass is 200 g/mol.